The Hall–Kier alpha value is -3.69. The summed E-state index contributed by atoms with van der Waals surface area (Å²) in [6, 6.07) is 7.38. The Morgan fingerprint density at radius 2 is 1.63 bits per heavy atom. The number of aromatic nitrogens is 3. The van der Waals surface area contributed by atoms with Crippen molar-refractivity contribution < 1.29 is 46.1 Å². The van der Waals surface area contributed by atoms with Crippen LogP contribution in [0.2, 0.25) is 0 Å². The lowest BCUT2D eigenvalue weighted by atomic mass is 10.3. The Labute approximate surface area is 211 Å². The molecule has 10 nitrogen and oxygen atoms in total. The van der Waals surface area contributed by atoms with Gasteiger partial charge in [-0.25, -0.2) is 19.6 Å². The van der Waals surface area contributed by atoms with Gasteiger partial charge < -0.3 is 15.5 Å². The quantitative estimate of drug-likeness (QED) is 0.477. The fourth-order valence-corrected chi connectivity index (χ4v) is 3.26. The minimum Gasteiger partial charge on any atom is -0.475 e. The molecule has 1 saturated carbocycles. The van der Waals surface area contributed by atoms with Crippen molar-refractivity contribution in [1.29, 1.82) is 0 Å². The molecule has 0 spiro atoms. The molecule has 3 N–H and O–H groups in total. The molecule has 0 saturated heterocycles. The molecule has 0 aromatic carbocycles. The number of carboxylic acids is 2. The van der Waals surface area contributed by atoms with E-state index in [1.165, 1.54) is 12.8 Å². The second-order valence-corrected chi connectivity index (χ2v) is 8.36. The monoisotopic (exact) mass is 553 g/mol. The van der Waals surface area contributed by atoms with Crippen LogP contribution in [0.3, 0.4) is 0 Å². The fraction of sp³-hybridized carbons (Fsp3) is 0.500. The molecule has 0 bridgehead atoms. The van der Waals surface area contributed by atoms with E-state index in [9.17, 15) is 31.1 Å². The number of carboxylic acid groups (broad SMARTS) is 2. The van der Waals surface area contributed by atoms with Gasteiger partial charge in [0.05, 0.1) is 18.8 Å². The second kappa shape index (κ2) is 13.2. The molecule has 16 heteroatoms. The highest BCUT2D eigenvalue weighted by Crippen LogP contribution is 2.30. The summed E-state index contributed by atoms with van der Waals surface area (Å²) < 4.78 is 65.3. The van der Waals surface area contributed by atoms with Gasteiger partial charge in [-0.05, 0) is 37.3 Å². The third-order valence-electron chi connectivity index (χ3n) is 5.18. The zero-order chi connectivity index (χ0) is 28.5. The summed E-state index contributed by atoms with van der Waals surface area (Å²) in [5, 5.41) is 17.5. The first kappa shape index (κ1) is 30.5. The molecule has 2 aliphatic rings. The van der Waals surface area contributed by atoms with Gasteiger partial charge in [0, 0.05) is 31.9 Å². The van der Waals surface area contributed by atoms with E-state index in [4.69, 9.17) is 24.8 Å². The Balaban J connectivity index is 0.000000301. The molecule has 1 aliphatic heterocycles. The van der Waals surface area contributed by atoms with Crippen LogP contribution in [-0.4, -0.2) is 67.0 Å². The predicted octanol–water partition coefficient (Wildman–Crippen LogP) is 3.13. The van der Waals surface area contributed by atoms with Crippen LogP contribution in [-0.2, 0) is 29.2 Å². The molecule has 4 rings (SSSR count). The van der Waals surface area contributed by atoms with E-state index >= 15 is 0 Å². The lowest BCUT2D eigenvalue weighted by Crippen LogP contribution is -2.29. The summed E-state index contributed by atoms with van der Waals surface area (Å²) in [6.07, 6.45) is -4.69. The van der Waals surface area contributed by atoms with Crippen LogP contribution in [0.5, 0.6) is 0 Å². The van der Waals surface area contributed by atoms with Crippen molar-refractivity contribution in [2.75, 3.05) is 18.4 Å². The highest BCUT2D eigenvalue weighted by molar-refractivity contribution is 5.73. The number of nitrogens with one attached hydrogen (secondary N) is 1. The molecule has 2 aromatic heterocycles. The van der Waals surface area contributed by atoms with E-state index in [-0.39, 0.29) is 5.56 Å². The number of alkyl halides is 6. The van der Waals surface area contributed by atoms with E-state index < -0.39 is 24.3 Å². The van der Waals surface area contributed by atoms with Crippen molar-refractivity contribution >= 4 is 17.8 Å². The van der Waals surface area contributed by atoms with Crippen LogP contribution >= 0.6 is 0 Å². The minimum atomic E-state index is -5.08. The summed E-state index contributed by atoms with van der Waals surface area (Å²) in [4.78, 5) is 41.7. The average molecular weight is 553 g/mol. The normalized spacial score (nSPS) is 15.5. The summed E-state index contributed by atoms with van der Waals surface area (Å²) in [5.41, 5.74) is 0.844. The Morgan fingerprint density at radius 3 is 2.13 bits per heavy atom. The molecular formula is C22H25F6N5O5. The van der Waals surface area contributed by atoms with E-state index in [0.717, 1.165) is 55.9 Å². The van der Waals surface area contributed by atoms with Crippen LogP contribution in [0.15, 0.2) is 35.3 Å². The number of hydrogen-bond donors (Lipinski definition) is 3. The zero-order valence-electron chi connectivity index (χ0n) is 19.8. The van der Waals surface area contributed by atoms with Crippen molar-refractivity contribution in [3.63, 3.8) is 0 Å². The van der Waals surface area contributed by atoms with Gasteiger partial charge in [-0.3, -0.25) is 14.3 Å². The molecule has 0 radical (unpaired) electrons. The highest BCUT2D eigenvalue weighted by atomic mass is 19.4. The van der Waals surface area contributed by atoms with E-state index in [0.29, 0.717) is 6.54 Å². The van der Waals surface area contributed by atoms with Crippen LogP contribution in [0.1, 0.15) is 30.8 Å². The first-order valence-electron chi connectivity index (χ1n) is 11.2. The maximum absolute atomic E-state index is 12.5. The van der Waals surface area contributed by atoms with E-state index in [2.05, 4.69) is 15.2 Å². The van der Waals surface area contributed by atoms with Crippen LogP contribution in [0, 0.1) is 5.92 Å². The van der Waals surface area contributed by atoms with Crippen molar-refractivity contribution in [2.45, 2.75) is 51.2 Å². The minimum absolute atomic E-state index is 0.0612. The van der Waals surface area contributed by atoms with Crippen molar-refractivity contribution in [2.24, 2.45) is 5.92 Å². The van der Waals surface area contributed by atoms with Gasteiger partial charge in [0.1, 0.15) is 11.6 Å². The van der Waals surface area contributed by atoms with E-state index in [1.807, 2.05) is 22.8 Å². The van der Waals surface area contributed by atoms with Crippen LogP contribution in [0.4, 0.5) is 32.2 Å². The topological polar surface area (TPSA) is 138 Å². The maximum atomic E-state index is 12.5. The first-order chi connectivity index (χ1) is 17.7. The van der Waals surface area contributed by atoms with Crippen LogP contribution < -0.4 is 10.9 Å². The first-order valence-corrected chi connectivity index (χ1v) is 11.2. The number of pyridine rings is 1. The highest BCUT2D eigenvalue weighted by Gasteiger charge is 2.38. The number of anilines is 1. The molecule has 38 heavy (non-hydrogen) atoms. The molecule has 1 aliphatic carbocycles. The number of hydrogen-bond acceptors (Lipinski definition) is 7. The summed E-state index contributed by atoms with van der Waals surface area (Å²) in [5.74, 6) is -2.96. The van der Waals surface area contributed by atoms with Gasteiger partial charge in [-0.2, -0.15) is 26.3 Å². The van der Waals surface area contributed by atoms with Gasteiger partial charge in [-0.15, -0.1) is 0 Å². The number of aliphatic carboxylic acids is 2. The Bertz CT molecular complexity index is 1110. The standard InChI is InChI=1S/C18H23N5O.2C2HF3O2/c24-18-10-15(11-20-16-4-1-2-7-19-16)21-17-13-22(12-14-5-6-14)8-3-9-23(17)18;2*3-2(4,5)1(6)7/h1-2,4,7,10,14H,3,5-6,8-9,11-13H2,(H,19,20);2*(H,6,7). The molecule has 1 fully saturated rings. The Morgan fingerprint density at radius 1 is 1.03 bits per heavy atom. The van der Waals surface area contributed by atoms with Gasteiger partial charge >= 0.3 is 24.3 Å². The second-order valence-electron chi connectivity index (χ2n) is 8.36. The number of halogens is 6. The number of carbonyl (C=O) groups is 2. The summed E-state index contributed by atoms with van der Waals surface area (Å²) in [7, 11) is 0. The van der Waals surface area contributed by atoms with Crippen LogP contribution in [0.25, 0.3) is 0 Å². The van der Waals surface area contributed by atoms with Crippen molar-refractivity contribution in [1.82, 2.24) is 19.4 Å². The maximum Gasteiger partial charge on any atom is 0.490 e. The van der Waals surface area contributed by atoms with Crippen molar-refractivity contribution in [3.8, 4) is 0 Å². The summed E-state index contributed by atoms with van der Waals surface area (Å²) in [6.45, 7) is 4.27. The third kappa shape index (κ3) is 10.7. The number of nitrogens with zero attached hydrogens (tertiary/aromatic N) is 4. The van der Waals surface area contributed by atoms with Gasteiger partial charge in [0.15, 0.2) is 0 Å². The average Bonchev–Trinajstić information content (AvgIpc) is 3.65. The third-order valence-corrected chi connectivity index (χ3v) is 5.18. The van der Waals surface area contributed by atoms with Crippen molar-refractivity contribution in [3.05, 3.63) is 52.3 Å². The Kier molecular flexibility index (Phi) is 10.6. The molecule has 0 unspecified atom stereocenters. The molecular weight excluding hydrogens is 528 g/mol. The van der Waals surface area contributed by atoms with E-state index in [1.54, 1.807) is 12.3 Å². The molecule has 3 heterocycles. The van der Waals surface area contributed by atoms with Gasteiger partial charge in [0.2, 0.25) is 0 Å². The zero-order valence-corrected chi connectivity index (χ0v) is 19.8. The predicted molar refractivity (Wildman–Crippen MR) is 120 cm³/mol. The SMILES string of the molecule is O=C(O)C(F)(F)F.O=C(O)C(F)(F)F.O=c1cc(CNc2ccccn2)nc2n1CCCN(CC1CC1)C2. The molecule has 2 aromatic rings. The van der Waals surface area contributed by atoms with Gasteiger partial charge in [-0.1, -0.05) is 6.07 Å². The number of fused-ring (bicyclic) bond motifs is 1. The summed E-state index contributed by atoms with van der Waals surface area (Å²) >= 11 is 0. The molecule has 210 valence electrons. The number of rotatable bonds is 5. The fourth-order valence-electron chi connectivity index (χ4n) is 3.26. The molecule has 0 atom stereocenters. The smallest absolute Gasteiger partial charge is 0.475 e. The largest absolute Gasteiger partial charge is 0.490 e. The van der Waals surface area contributed by atoms with Gasteiger partial charge in [0.25, 0.3) is 5.56 Å². The lowest BCUT2D eigenvalue weighted by Gasteiger charge is -2.19. The lowest BCUT2D eigenvalue weighted by molar-refractivity contribution is -0.193. The molecule has 0 amide bonds.